The summed E-state index contributed by atoms with van der Waals surface area (Å²) in [6.45, 7) is 0.642. The highest BCUT2D eigenvalue weighted by Gasteiger charge is 2.54. The number of rotatable bonds is 2. The number of carbonyl (C=O) groups is 1. The number of nitrogens with two attached hydrogens (primary N) is 1. The molecule has 100 valence electrons. The predicted octanol–water partition coefficient (Wildman–Crippen LogP) is 0.293. The second-order valence-corrected chi connectivity index (χ2v) is 5.99. The lowest BCUT2D eigenvalue weighted by Gasteiger charge is -2.30. The van der Waals surface area contributed by atoms with Crippen molar-refractivity contribution in [1.82, 2.24) is 5.32 Å². The minimum absolute atomic E-state index is 0.370. The molecule has 0 bridgehead atoms. The molecule has 0 aliphatic carbocycles. The Hall–Kier alpha value is -0.630. The SMILES string of the molecule is CC(N)(C(=O)NC1CCS(=O)CC1)C(F)(F)F. The number of amides is 1. The molecule has 1 aliphatic rings. The summed E-state index contributed by atoms with van der Waals surface area (Å²) >= 11 is 0. The minimum Gasteiger partial charge on any atom is -0.351 e. The van der Waals surface area contributed by atoms with Gasteiger partial charge < -0.3 is 11.1 Å². The van der Waals surface area contributed by atoms with Gasteiger partial charge in [-0.3, -0.25) is 9.00 Å². The maximum atomic E-state index is 12.5. The zero-order valence-corrected chi connectivity index (χ0v) is 10.2. The van der Waals surface area contributed by atoms with Gasteiger partial charge in [-0.2, -0.15) is 13.2 Å². The van der Waals surface area contributed by atoms with Crippen molar-refractivity contribution in [2.45, 2.75) is 37.5 Å². The highest BCUT2D eigenvalue weighted by Crippen LogP contribution is 2.28. The fourth-order valence-corrected chi connectivity index (χ4v) is 2.70. The van der Waals surface area contributed by atoms with Crippen LogP contribution in [0.3, 0.4) is 0 Å². The molecule has 1 unspecified atom stereocenters. The average molecular weight is 272 g/mol. The Balaban J connectivity index is 2.58. The van der Waals surface area contributed by atoms with E-state index in [2.05, 4.69) is 5.32 Å². The third-order valence-corrected chi connectivity index (χ3v) is 4.17. The van der Waals surface area contributed by atoms with Crippen molar-refractivity contribution in [3.63, 3.8) is 0 Å². The van der Waals surface area contributed by atoms with Crippen LogP contribution < -0.4 is 11.1 Å². The van der Waals surface area contributed by atoms with Crippen molar-refractivity contribution >= 4 is 16.7 Å². The van der Waals surface area contributed by atoms with Gasteiger partial charge in [-0.1, -0.05) is 0 Å². The van der Waals surface area contributed by atoms with Gasteiger partial charge in [0.2, 0.25) is 5.91 Å². The van der Waals surface area contributed by atoms with Crippen molar-refractivity contribution < 1.29 is 22.2 Å². The van der Waals surface area contributed by atoms with E-state index in [0.717, 1.165) is 0 Å². The van der Waals surface area contributed by atoms with E-state index < -0.39 is 28.4 Å². The van der Waals surface area contributed by atoms with Gasteiger partial charge >= 0.3 is 6.18 Å². The van der Waals surface area contributed by atoms with E-state index in [1.807, 2.05) is 0 Å². The Morgan fingerprint density at radius 2 is 1.82 bits per heavy atom. The summed E-state index contributed by atoms with van der Waals surface area (Å²) in [6, 6.07) is -0.370. The molecule has 0 aromatic carbocycles. The molecule has 0 radical (unpaired) electrons. The smallest absolute Gasteiger partial charge is 0.351 e. The first kappa shape index (κ1) is 14.4. The van der Waals surface area contributed by atoms with Crippen LogP contribution in [0.1, 0.15) is 19.8 Å². The third-order valence-electron chi connectivity index (χ3n) is 2.78. The number of hydrogen-bond donors (Lipinski definition) is 2. The van der Waals surface area contributed by atoms with Crippen LogP contribution >= 0.6 is 0 Å². The zero-order valence-electron chi connectivity index (χ0n) is 9.34. The van der Waals surface area contributed by atoms with Crippen LogP contribution in [0.4, 0.5) is 13.2 Å². The van der Waals surface area contributed by atoms with Gasteiger partial charge in [0.25, 0.3) is 0 Å². The summed E-state index contributed by atoms with van der Waals surface area (Å²) in [6.07, 6.45) is -3.94. The topological polar surface area (TPSA) is 72.2 Å². The number of hydrogen-bond acceptors (Lipinski definition) is 3. The van der Waals surface area contributed by atoms with Crippen molar-refractivity contribution in [2.24, 2.45) is 5.73 Å². The molecule has 0 aromatic rings. The fourth-order valence-electron chi connectivity index (χ4n) is 1.40. The molecular formula is C9H15F3N2O2S. The lowest BCUT2D eigenvalue weighted by atomic mass is 10.0. The monoisotopic (exact) mass is 272 g/mol. The summed E-state index contributed by atoms with van der Waals surface area (Å²) in [4.78, 5) is 11.4. The molecule has 0 saturated carbocycles. The molecule has 17 heavy (non-hydrogen) atoms. The maximum Gasteiger partial charge on any atom is 0.415 e. The largest absolute Gasteiger partial charge is 0.415 e. The molecule has 1 atom stereocenters. The summed E-state index contributed by atoms with van der Waals surface area (Å²) in [5.41, 5.74) is 2.10. The average Bonchev–Trinajstić information content (AvgIpc) is 2.19. The molecule has 0 aromatic heterocycles. The summed E-state index contributed by atoms with van der Waals surface area (Å²) in [5.74, 6) is -0.432. The van der Waals surface area contributed by atoms with Crippen molar-refractivity contribution in [3.8, 4) is 0 Å². The molecule has 1 saturated heterocycles. The second-order valence-electron chi connectivity index (χ2n) is 4.30. The summed E-state index contributed by atoms with van der Waals surface area (Å²) < 4.78 is 48.4. The number of nitrogens with one attached hydrogen (secondary N) is 1. The molecular weight excluding hydrogens is 257 g/mol. The van der Waals surface area contributed by atoms with Gasteiger partial charge in [0.15, 0.2) is 5.54 Å². The fraction of sp³-hybridized carbons (Fsp3) is 0.889. The van der Waals surface area contributed by atoms with E-state index in [9.17, 15) is 22.2 Å². The standard InChI is InChI=1S/C9H15F3N2O2S/c1-8(13,9(10,11)12)7(15)14-6-2-4-17(16)5-3-6/h6H,2-5,13H2,1H3,(H,14,15). The van der Waals surface area contributed by atoms with E-state index in [1.54, 1.807) is 0 Å². The molecule has 0 spiro atoms. The van der Waals surface area contributed by atoms with E-state index in [0.29, 0.717) is 31.3 Å². The second kappa shape index (κ2) is 4.93. The van der Waals surface area contributed by atoms with Crippen LogP contribution in [-0.4, -0.2) is 39.4 Å². The minimum atomic E-state index is -4.78. The Bertz CT molecular complexity index is 321. The Morgan fingerprint density at radius 3 is 2.24 bits per heavy atom. The van der Waals surface area contributed by atoms with Crippen molar-refractivity contribution in [2.75, 3.05) is 11.5 Å². The summed E-state index contributed by atoms with van der Waals surface area (Å²) in [5, 5.41) is 2.27. The van der Waals surface area contributed by atoms with Crippen LogP contribution in [0.5, 0.6) is 0 Å². The first-order chi connectivity index (χ1) is 7.64. The highest BCUT2D eigenvalue weighted by molar-refractivity contribution is 7.85. The highest BCUT2D eigenvalue weighted by atomic mass is 32.2. The van der Waals surface area contributed by atoms with Gasteiger partial charge in [0, 0.05) is 28.3 Å². The zero-order chi connectivity index (χ0) is 13.3. The molecule has 1 fully saturated rings. The normalized spacial score (nSPS) is 29.5. The van der Waals surface area contributed by atoms with Gasteiger partial charge in [0.1, 0.15) is 0 Å². The quantitative estimate of drug-likeness (QED) is 0.759. The lowest BCUT2D eigenvalue weighted by molar-refractivity contribution is -0.187. The van der Waals surface area contributed by atoms with Crippen molar-refractivity contribution in [1.29, 1.82) is 0 Å². The number of alkyl halides is 3. The first-order valence-electron chi connectivity index (χ1n) is 5.16. The van der Waals surface area contributed by atoms with E-state index in [4.69, 9.17) is 5.73 Å². The van der Waals surface area contributed by atoms with Gasteiger partial charge in [0.05, 0.1) is 0 Å². The Morgan fingerprint density at radius 1 is 1.35 bits per heavy atom. The molecule has 4 nitrogen and oxygen atoms in total. The number of halogens is 3. The van der Waals surface area contributed by atoms with E-state index >= 15 is 0 Å². The van der Waals surface area contributed by atoms with Crippen LogP contribution in [0.25, 0.3) is 0 Å². The maximum absolute atomic E-state index is 12.5. The van der Waals surface area contributed by atoms with Crippen LogP contribution in [0, 0.1) is 0 Å². The van der Waals surface area contributed by atoms with E-state index in [1.165, 1.54) is 0 Å². The Kier molecular flexibility index (Phi) is 4.19. The molecule has 8 heteroatoms. The molecule has 3 N–H and O–H groups in total. The molecule has 1 heterocycles. The lowest BCUT2D eigenvalue weighted by Crippen LogP contribution is -2.63. The number of carbonyl (C=O) groups excluding carboxylic acids is 1. The van der Waals surface area contributed by atoms with Gasteiger partial charge in [-0.15, -0.1) is 0 Å². The third kappa shape index (κ3) is 3.41. The van der Waals surface area contributed by atoms with Crippen LogP contribution in [-0.2, 0) is 15.6 Å². The van der Waals surface area contributed by atoms with Gasteiger partial charge in [-0.25, -0.2) is 0 Å². The molecule has 1 aliphatic heterocycles. The van der Waals surface area contributed by atoms with Crippen LogP contribution in [0.15, 0.2) is 0 Å². The summed E-state index contributed by atoms with van der Waals surface area (Å²) in [7, 11) is -0.919. The van der Waals surface area contributed by atoms with Crippen LogP contribution in [0.2, 0.25) is 0 Å². The Labute approximate surface area is 99.6 Å². The predicted molar refractivity (Wildman–Crippen MR) is 57.7 cm³/mol. The first-order valence-corrected chi connectivity index (χ1v) is 6.65. The van der Waals surface area contributed by atoms with Gasteiger partial charge in [-0.05, 0) is 19.8 Å². The van der Waals surface area contributed by atoms with E-state index in [-0.39, 0.29) is 6.04 Å². The molecule has 1 amide bonds. The molecule has 1 rings (SSSR count). The van der Waals surface area contributed by atoms with Crippen molar-refractivity contribution in [3.05, 3.63) is 0 Å².